The molecule has 0 aliphatic carbocycles. The van der Waals surface area contributed by atoms with Crippen molar-refractivity contribution in [3.63, 3.8) is 0 Å². The second kappa shape index (κ2) is 14.1. The van der Waals surface area contributed by atoms with Gasteiger partial charge in [0.2, 0.25) is 11.9 Å². The van der Waals surface area contributed by atoms with E-state index in [0.29, 0.717) is 49.7 Å². The van der Waals surface area contributed by atoms with Crippen LogP contribution >= 0.6 is 11.8 Å². The van der Waals surface area contributed by atoms with Crippen molar-refractivity contribution in [3.8, 4) is 11.3 Å². The van der Waals surface area contributed by atoms with Crippen molar-refractivity contribution < 1.29 is 18.8 Å². The molecular weight excluding hydrogens is 500 g/mol. The number of nitrogen functional groups attached to an aromatic ring is 1. The topological polar surface area (TPSA) is 119 Å². The van der Waals surface area contributed by atoms with E-state index in [4.69, 9.17) is 10.5 Å². The molecule has 1 aliphatic rings. The first kappa shape index (κ1) is 31.0. The zero-order valence-corrected chi connectivity index (χ0v) is 24.0. The summed E-state index contributed by atoms with van der Waals surface area (Å²) >= 11 is 1.46. The number of quaternary nitrogens is 1. The van der Waals surface area contributed by atoms with Crippen LogP contribution in [0.1, 0.15) is 29.5 Å². The third-order valence-electron chi connectivity index (χ3n) is 6.32. The highest BCUT2D eigenvalue weighted by molar-refractivity contribution is 7.99. The number of nitrogens with two attached hydrogens (primary N) is 1. The number of fused-ring (bicyclic) bond motifs is 5. The van der Waals surface area contributed by atoms with Gasteiger partial charge in [0.1, 0.15) is 17.6 Å². The molecule has 1 atom stereocenters. The van der Waals surface area contributed by atoms with Gasteiger partial charge >= 0.3 is 5.91 Å². The second-order valence-corrected chi connectivity index (χ2v) is 10.7. The Bertz CT molecular complexity index is 1170. The van der Waals surface area contributed by atoms with Crippen LogP contribution in [0.3, 0.4) is 0 Å². The van der Waals surface area contributed by atoms with E-state index in [1.54, 1.807) is 7.11 Å². The third kappa shape index (κ3) is 8.14. The maximum atomic E-state index is 13.6. The number of methoxy groups -OCH3 is 1. The van der Waals surface area contributed by atoms with Gasteiger partial charge < -0.3 is 21.1 Å². The molecule has 0 saturated carbocycles. The minimum absolute atomic E-state index is 0.00248. The van der Waals surface area contributed by atoms with Gasteiger partial charge in [-0.3, -0.25) is 9.28 Å². The average molecular weight is 542 g/mol. The van der Waals surface area contributed by atoms with E-state index < -0.39 is 6.04 Å². The van der Waals surface area contributed by atoms with Crippen LogP contribution in [0.4, 0.5) is 5.95 Å². The molecule has 1 unspecified atom stereocenters. The number of likely N-dealkylation sites (N-methyl/N-ethyl adjacent to an activating group) is 1. The number of amides is 2. The number of aryl methyl sites for hydroxylation is 2. The van der Waals surface area contributed by atoms with E-state index in [0.717, 1.165) is 27.3 Å². The molecule has 1 aliphatic heterocycles. The summed E-state index contributed by atoms with van der Waals surface area (Å²) in [7, 11) is 5.36. The molecule has 4 N–H and O–H groups in total. The fourth-order valence-electron chi connectivity index (χ4n) is 4.20. The van der Waals surface area contributed by atoms with E-state index in [-0.39, 0.29) is 22.2 Å². The van der Waals surface area contributed by atoms with E-state index in [9.17, 15) is 9.59 Å². The molecule has 206 valence electrons. The number of aromatic nitrogens is 2. The van der Waals surface area contributed by atoms with Crippen molar-refractivity contribution >= 4 is 35.2 Å². The largest absolute Gasteiger partial charge is 0.379 e. The Labute approximate surface area is 230 Å². The van der Waals surface area contributed by atoms with Gasteiger partial charge in [-0.15, -0.1) is 24.9 Å². The highest BCUT2D eigenvalue weighted by Crippen LogP contribution is 2.31. The molecule has 2 amide bonds. The number of benzene rings is 1. The van der Waals surface area contributed by atoms with Crippen LogP contribution in [-0.4, -0.2) is 79.0 Å². The van der Waals surface area contributed by atoms with Gasteiger partial charge in [-0.25, -0.2) is 14.8 Å². The van der Waals surface area contributed by atoms with E-state index in [1.807, 2.05) is 40.1 Å². The Kier molecular flexibility index (Phi) is 11.5. The monoisotopic (exact) mass is 541 g/mol. The number of ether oxygens (including phenoxy) is 1. The Morgan fingerprint density at radius 3 is 2.55 bits per heavy atom. The first-order valence-electron chi connectivity index (χ1n) is 12.5. The zero-order valence-electron chi connectivity index (χ0n) is 23.2. The molecule has 1 aromatic carbocycles. The summed E-state index contributed by atoms with van der Waals surface area (Å²) in [6.07, 6.45) is 0.758. The molecule has 10 heteroatoms. The smallest absolute Gasteiger partial charge is 0.335 e. The van der Waals surface area contributed by atoms with Crippen LogP contribution in [0.5, 0.6) is 0 Å². The average Bonchev–Trinajstić information content (AvgIpc) is 2.86. The van der Waals surface area contributed by atoms with Crippen molar-refractivity contribution in [3.05, 3.63) is 54.6 Å². The SMILES string of the molecule is C=C.C=C1NC(C(=O)[N+](C)(C)CCOC)CCNC(=O)CCSc2cc(nc(N)n2)-c2cc1c(C)cc2C. The Balaban J connectivity index is 0.00000247. The first-order valence-corrected chi connectivity index (χ1v) is 13.5. The van der Waals surface area contributed by atoms with Gasteiger partial charge in [0.15, 0.2) is 0 Å². The summed E-state index contributed by atoms with van der Waals surface area (Å²) in [5.41, 5.74) is 11.2. The number of carbonyl (C=O) groups is 2. The van der Waals surface area contributed by atoms with Gasteiger partial charge in [0.05, 0.1) is 26.4 Å². The van der Waals surface area contributed by atoms with Gasteiger partial charge in [-0.2, -0.15) is 0 Å². The lowest BCUT2D eigenvalue weighted by Crippen LogP contribution is -2.56. The van der Waals surface area contributed by atoms with E-state index in [2.05, 4.69) is 46.4 Å². The molecule has 0 saturated heterocycles. The standard InChI is InChI=1S/C26H36N6O3S.C2H4/c1-16-13-17(2)20-14-19(16)18(3)29-21(25(34)32(4,5)10-11-35-6)7-9-28-23(33)8-12-36-24-15-22(20)30-26(27)31-24;1-2/h13-15,21,29H,3,7-12H2,1-2,4-6H3,(H2-,27,28,30,31,33);1-2H2/p+1. The molecule has 0 fully saturated rings. The number of rotatable bonds is 4. The molecule has 0 radical (unpaired) electrons. The predicted octanol–water partition coefficient (Wildman–Crippen LogP) is 3.33. The highest BCUT2D eigenvalue weighted by Gasteiger charge is 2.34. The number of carbonyl (C=O) groups excluding carboxylic acids is 2. The van der Waals surface area contributed by atoms with Gasteiger partial charge in [0, 0.05) is 42.7 Å². The summed E-state index contributed by atoms with van der Waals surface area (Å²) in [4.78, 5) is 34.8. The van der Waals surface area contributed by atoms with E-state index >= 15 is 0 Å². The summed E-state index contributed by atoms with van der Waals surface area (Å²) < 4.78 is 5.35. The molecule has 4 bridgehead atoms. The highest BCUT2D eigenvalue weighted by atomic mass is 32.2. The number of hydrogen-bond donors (Lipinski definition) is 3. The molecular formula is C28H41N6O3S+. The molecule has 9 nitrogen and oxygen atoms in total. The normalized spacial score (nSPS) is 16.5. The fraction of sp³-hybridized carbons (Fsp3) is 0.429. The summed E-state index contributed by atoms with van der Waals surface area (Å²) in [6, 6.07) is 5.47. The Morgan fingerprint density at radius 2 is 1.87 bits per heavy atom. The lowest BCUT2D eigenvalue weighted by molar-refractivity contribution is -0.815. The van der Waals surface area contributed by atoms with Crippen molar-refractivity contribution in [2.24, 2.45) is 0 Å². The van der Waals surface area contributed by atoms with Crippen molar-refractivity contribution in [1.29, 1.82) is 0 Å². The Hall–Kier alpha value is -3.21. The van der Waals surface area contributed by atoms with Crippen molar-refractivity contribution in [1.82, 2.24) is 20.6 Å². The molecule has 38 heavy (non-hydrogen) atoms. The third-order valence-corrected chi connectivity index (χ3v) is 7.24. The summed E-state index contributed by atoms with van der Waals surface area (Å²) in [5, 5.41) is 7.03. The van der Waals surface area contributed by atoms with Crippen LogP contribution in [0, 0.1) is 13.8 Å². The first-order chi connectivity index (χ1) is 18.0. The summed E-state index contributed by atoms with van der Waals surface area (Å²) in [6.45, 7) is 15.7. The predicted molar refractivity (Wildman–Crippen MR) is 155 cm³/mol. The van der Waals surface area contributed by atoms with Crippen LogP contribution < -0.4 is 16.4 Å². The Morgan fingerprint density at radius 1 is 1.18 bits per heavy atom. The number of anilines is 1. The minimum Gasteiger partial charge on any atom is -0.379 e. The molecule has 3 rings (SSSR count). The van der Waals surface area contributed by atoms with E-state index in [1.165, 1.54) is 11.8 Å². The van der Waals surface area contributed by atoms with Gasteiger partial charge in [0.25, 0.3) is 0 Å². The van der Waals surface area contributed by atoms with Crippen molar-refractivity contribution in [2.45, 2.75) is 37.8 Å². The fourth-order valence-corrected chi connectivity index (χ4v) is 5.05. The van der Waals surface area contributed by atoms with Crippen molar-refractivity contribution in [2.75, 3.05) is 52.4 Å². The van der Waals surface area contributed by atoms with Crippen LogP contribution in [0.2, 0.25) is 0 Å². The maximum Gasteiger partial charge on any atom is 0.335 e. The summed E-state index contributed by atoms with van der Waals surface area (Å²) in [5.74, 6) is 0.656. The molecule has 0 spiro atoms. The number of hydrogen-bond acceptors (Lipinski definition) is 8. The van der Waals surface area contributed by atoms with Gasteiger partial charge in [-0.1, -0.05) is 12.6 Å². The lowest BCUT2D eigenvalue weighted by Gasteiger charge is -2.31. The maximum absolute atomic E-state index is 13.6. The number of thioether (sulfide) groups is 1. The minimum atomic E-state index is -0.544. The van der Waals surface area contributed by atoms with Crippen LogP contribution in [0.25, 0.3) is 17.0 Å². The molecule has 2 aromatic rings. The molecule has 1 aromatic heterocycles. The number of nitrogens with one attached hydrogen (secondary N) is 2. The molecule has 2 heterocycles. The van der Waals surface area contributed by atoms with Gasteiger partial charge in [-0.05, 0) is 43.5 Å². The lowest BCUT2D eigenvalue weighted by atomic mass is 9.96. The second-order valence-electron chi connectivity index (χ2n) is 9.58. The number of nitrogens with zero attached hydrogens (tertiary/aromatic N) is 3. The van der Waals surface area contributed by atoms with Crippen LogP contribution in [-0.2, 0) is 14.3 Å². The quantitative estimate of drug-likeness (QED) is 0.306. The van der Waals surface area contributed by atoms with Crippen LogP contribution in [0.15, 0.2) is 43.0 Å². The zero-order chi connectivity index (χ0) is 28.5.